The van der Waals surface area contributed by atoms with Gasteiger partial charge < -0.3 is 5.73 Å². The maximum Gasteiger partial charge on any atom is 0.127 e. The summed E-state index contributed by atoms with van der Waals surface area (Å²) in [6.07, 6.45) is 0.626. The van der Waals surface area contributed by atoms with Crippen LogP contribution in [0.2, 0.25) is 0 Å². The summed E-state index contributed by atoms with van der Waals surface area (Å²) in [7, 11) is 0. The molecule has 0 bridgehead atoms. The fourth-order valence-electron chi connectivity index (χ4n) is 1.26. The number of nitrogens with two attached hydrogens (primary N) is 1. The van der Waals surface area contributed by atoms with Gasteiger partial charge in [-0.1, -0.05) is 23.8 Å². The molecule has 1 nitrogen and oxygen atoms in total. The first-order chi connectivity index (χ1) is 6.11. The first kappa shape index (κ1) is 9.93. The standard InChI is InChI=1S/C11H14FN/c1-8(2)7-11(13)9-5-3-4-6-10(9)12/h3-6,11H,1,7,13H2,2H3. The van der Waals surface area contributed by atoms with Gasteiger partial charge in [-0.05, 0) is 19.4 Å². The van der Waals surface area contributed by atoms with Crippen LogP contribution in [0.4, 0.5) is 4.39 Å². The molecule has 1 aromatic carbocycles. The zero-order valence-corrected chi connectivity index (χ0v) is 7.76. The largest absolute Gasteiger partial charge is 0.324 e. The van der Waals surface area contributed by atoms with Crippen LogP contribution in [-0.4, -0.2) is 0 Å². The molecular formula is C11H14FN. The summed E-state index contributed by atoms with van der Waals surface area (Å²) >= 11 is 0. The molecule has 0 aliphatic carbocycles. The summed E-state index contributed by atoms with van der Waals surface area (Å²) in [5.41, 5.74) is 7.32. The monoisotopic (exact) mass is 179 g/mol. The van der Waals surface area contributed by atoms with Crippen LogP contribution >= 0.6 is 0 Å². The summed E-state index contributed by atoms with van der Waals surface area (Å²) in [4.78, 5) is 0. The molecule has 0 saturated heterocycles. The van der Waals surface area contributed by atoms with Crippen LogP contribution in [0.3, 0.4) is 0 Å². The fraction of sp³-hybridized carbons (Fsp3) is 0.273. The summed E-state index contributed by atoms with van der Waals surface area (Å²) < 4.78 is 13.2. The average Bonchev–Trinajstić information content (AvgIpc) is 2.03. The highest BCUT2D eigenvalue weighted by Gasteiger charge is 2.09. The van der Waals surface area contributed by atoms with Crippen LogP contribution in [0.15, 0.2) is 36.4 Å². The third-order valence-electron chi connectivity index (χ3n) is 1.87. The second-order valence-corrected chi connectivity index (χ2v) is 3.29. The lowest BCUT2D eigenvalue weighted by Crippen LogP contribution is -2.12. The van der Waals surface area contributed by atoms with Gasteiger partial charge in [-0.2, -0.15) is 0 Å². The van der Waals surface area contributed by atoms with E-state index in [2.05, 4.69) is 6.58 Å². The maximum absolute atomic E-state index is 13.2. The van der Waals surface area contributed by atoms with Crippen molar-refractivity contribution >= 4 is 0 Å². The van der Waals surface area contributed by atoms with Crippen molar-refractivity contribution in [3.05, 3.63) is 47.8 Å². The molecule has 0 saturated carbocycles. The van der Waals surface area contributed by atoms with Gasteiger partial charge in [0, 0.05) is 11.6 Å². The Balaban J connectivity index is 2.82. The van der Waals surface area contributed by atoms with Crippen LogP contribution in [0, 0.1) is 5.82 Å². The minimum Gasteiger partial charge on any atom is -0.324 e. The second-order valence-electron chi connectivity index (χ2n) is 3.29. The molecule has 0 fully saturated rings. The first-order valence-electron chi connectivity index (χ1n) is 4.25. The Labute approximate surface area is 78.1 Å². The number of hydrogen-bond acceptors (Lipinski definition) is 1. The van der Waals surface area contributed by atoms with Crippen molar-refractivity contribution in [3.63, 3.8) is 0 Å². The first-order valence-corrected chi connectivity index (χ1v) is 4.25. The zero-order chi connectivity index (χ0) is 9.84. The van der Waals surface area contributed by atoms with Crippen molar-refractivity contribution < 1.29 is 4.39 Å². The molecule has 0 aliphatic rings. The van der Waals surface area contributed by atoms with E-state index >= 15 is 0 Å². The topological polar surface area (TPSA) is 26.0 Å². The molecule has 2 N–H and O–H groups in total. The van der Waals surface area contributed by atoms with Gasteiger partial charge in [0.05, 0.1) is 0 Å². The third-order valence-corrected chi connectivity index (χ3v) is 1.87. The Morgan fingerprint density at radius 1 is 1.54 bits per heavy atom. The lowest BCUT2D eigenvalue weighted by atomic mass is 10.0. The molecule has 0 spiro atoms. The Morgan fingerprint density at radius 2 is 2.15 bits per heavy atom. The van der Waals surface area contributed by atoms with E-state index in [4.69, 9.17) is 5.73 Å². The summed E-state index contributed by atoms with van der Waals surface area (Å²) in [5, 5.41) is 0. The lowest BCUT2D eigenvalue weighted by molar-refractivity contribution is 0.580. The second kappa shape index (κ2) is 4.19. The average molecular weight is 179 g/mol. The molecule has 1 unspecified atom stereocenters. The van der Waals surface area contributed by atoms with E-state index in [-0.39, 0.29) is 11.9 Å². The van der Waals surface area contributed by atoms with E-state index in [1.807, 2.05) is 6.92 Å². The summed E-state index contributed by atoms with van der Waals surface area (Å²) in [6.45, 7) is 5.64. The van der Waals surface area contributed by atoms with E-state index in [1.54, 1.807) is 18.2 Å². The molecule has 0 radical (unpaired) electrons. The van der Waals surface area contributed by atoms with Crippen LogP contribution in [-0.2, 0) is 0 Å². The van der Waals surface area contributed by atoms with Crippen LogP contribution in [0.5, 0.6) is 0 Å². The fourth-order valence-corrected chi connectivity index (χ4v) is 1.26. The van der Waals surface area contributed by atoms with Gasteiger partial charge in [-0.25, -0.2) is 4.39 Å². The molecule has 0 amide bonds. The molecule has 1 rings (SSSR count). The van der Waals surface area contributed by atoms with Crippen molar-refractivity contribution in [1.82, 2.24) is 0 Å². The molecule has 0 heterocycles. The van der Waals surface area contributed by atoms with Crippen molar-refractivity contribution in [2.45, 2.75) is 19.4 Å². The van der Waals surface area contributed by atoms with E-state index in [0.717, 1.165) is 5.57 Å². The highest BCUT2D eigenvalue weighted by molar-refractivity contribution is 5.22. The quantitative estimate of drug-likeness (QED) is 0.709. The van der Waals surface area contributed by atoms with Gasteiger partial charge >= 0.3 is 0 Å². The number of benzene rings is 1. The minimum atomic E-state index is -0.279. The molecule has 0 aromatic heterocycles. The van der Waals surface area contributed by atoms with Crippen LogP contribution in [0.25, 0.3) is 0 Å². The Hall–Kier alpha value is -1.15. The predicted octanol–water partition coefficient (Wildman–Crippen LogP) is 2.79. The maximum atomic E-state index is 13.2. The van der Waals surface area contributed by atoms with Crippen molar-refractivity contribution in [3.8, 4) is 0 Å². The van der Waals surface area contributed by atoms with E-state index < -0.39 is 0 Å². The Bertz CT molecular complexity index is 307. The number of hydrogen-bond donors (Lipinski definition) is 1. The zero-order valence-electron chi connectivity index (χ0n) is 7.76. The molecule has 13 heavy (non-hydrogen) atoms. The molecule has 1 aromatic rings. The molecule has 2 heteroatoms. The van der Waals surface area contributed by atoms with Crippen molar-refractivity contribution in [1.29, 1.82) is 0 Å². The molecule has 70 valence electrons. The van der Waals surface area contributed by atoms with E-state index in [0.29, 0.717) is 12.0 Å². The Kier molecular flexibility index (Phi) is 3.20. The highest BCUT2D eigenvalue weighted by Crippen LogP contribution is 2.19. The van der Waals surface area contributed by atoms with E-state index in [9.17, 15) is 4.39 Å². The highest BCUT2D eigenvalue weighted by atomic mass is 19.1. The molecule has 0 aliphatic heterocycles. The van der Waals surface area contributed by atoms with Gasteiger partial charge in [0.25, 0.3) is 0 Å². The SMILES string of the molecule is C=C(C)CC(N)c1ccccc1F. The van der Waals surface area contributed by atoms with Crippen LogP contribution in [0.1, 0.15) is 24.9 Å². The van der Waals surface area contributed by atoms with Gasteiger partial charge in [-0.15, -0.1) is 6.58 Å². The minimum absolute atomic E-state index is 0.240. The molecule has 1 atom stereocenters. The number of rotatable bonds is 3. The van der Waals surface area contributed by atoms with Gasteiger partial charge in [0.15, 0.2) is 0 Å². The van der Waals surface area contributed by atoms with Crippen molar-refractivity contribution in [2.75, 3.05) is 0 Å². The Morgan fingerprint density at radius 3 is 2.69 bits per heavy atom. The normalized spacial score (nSPS) is 12.5. The summed E-state index contributed by atoms with van der Waals surface area (Å²) in [6, 6.07) is 6.30. The van der Waals surface area contributed by atoms with Gasteiger partial charge in [0.2, 0.25) is 0 Å². The molecular weight excluding hydrogens is 165 g/mol. The smallest absolute Gasteiger partial charge is 0.127 e. The van der Waals surface area contributed by atoms with Gasteiger partial charge in [0.1, 0.15) is 5.82 Å². The van der Waals surface area contributed by atoms with Crippen LogP contribution < -0.4 is 5.73 Å². The predicted molar refractivity (Wildman–Crippen MR) is 52.8 cm³/mol. The third kappa shape index (κ3) is 2.67. The van der Waals surface area contributed by atoms with Gasteiger partial charge in [-0.3, -0.25) is 0 Å². The lowest BCUT2D eigenvalue weighted by Gasteiger charge is -2.12. The summed E-state index contributed by atoms with van der Waals surface area (Å²) in [5.74, 6) is -0.240. The number of halogens is 1. The van der Waals surface area contributed by atoms with E-state index in [1.165, 1.54) is 6.07 Å². The van der Waals surface area contributed by atoms with Crippen molar-refractivity contribution in [2.24, 2.45) is 5.73 Å².